The molecule has 1 atom stereocenters. The van der Waals surface area contributed by atoms with Crippen LogP contribution in [0.2, 0.25) is 0 Å². The maximum Gasteiger partial charge on any atom is 0.214 e. The molecule has 0 aromatic rings. The van der Waals surface area contributed by atoms with Gasteiger partial charge in [0.1, 0.15) is 0 Å². The van der Waals surface area contributed by atoms with E-state index in [1.807, 2.05) is 13.8 Å². The second kappa shape index (κ2) is 6.68. The van der Waals surface area contributed by atoms with Crippen LogP contribution in [0.5, 0.6) is 0 Å². The van der Waals surface area contributed by atoms with Crippen molar-refractivity contribution in [1.82, 2.24) is 9.62 Å². The molecule has 1 aliphatic rings. The van der Waals surface area contributed by atoms with Gasteiger partial charge in [-0.25, -0.2) is 8.42 Å². The summed E-state index contributed by atoms with van der Waals surface area (Å²) in [5.74, 6) is 0.262. The van der Waals surface area contributed by atoms with Crippen molar-refractivity contribution in [3.8, 4) is 0 Å². The van der Waals surface area contributed by atoms with Crippen molar-refractivity contribution in [2.24, 2.45) is 5.92 Å². The Labute approximate surface area is 104 Å². The summed E-state index contributed by atoms with van der Waals surface area (Å²) in [4.78, 5) is 0. The summed E-state index contributed by atoms with van der Waals surface area (Å²) in [6, 6.07) is 0.239. The van der Waals surface area contributed by atoms with Crippen molar-refractivity contribution >= 4 is 10.0 Å². The van der Waals surface area contributed by atoms with Gasteiger partial charge in [-0.15, -0.1) is 0 Å². The van der Waals surface area contributed by atoms with Crippen molar-refractivity contribution in [3.05, 3.63) is 0 Å². The molecule has 0 spiro atoms. The van der Waals surface area contributed by atoms with Gasteiger partial charge in [0, 0.05) is 19.1 Å². The molecule has 0 saturated carbocycles. The Morgan fingerprint density at radius 1 is 1.47 bits per heavy atom. The normalized spacial score (nSPS) is 21.6. The van der Waals surface area contributed by atoms with Crippen LogP contribution in [0.4, 0.5) is 0 Å². The summed E-state index contributed by atoms with van der Waals surface area (Å²) in [6.07, 6.45) is 2.11. The smallest absolute Gasteiger partial charge is 0.214 e. The van der Waals surface area contributed by atoms with Crippen LogP contribution in [-0.2, 0) is 10.0 Å². The minimum atomic E-state index is -3.24. The number of nitrogens with zero attached hydrogens (tertiary/aromatic N) is 1. The van der Waals surface area contributed by atoms with Crippen LogP contribution in [0.1, 0.15) is 26.7 Å². The molecule has 0 amide bonds. The number of sulfonamides is 1. The van der Waals surface area contributed by atoms with Gasteiger partial charge >= 0.3 is 0 Å². The van der Waals surface area contributed by atoms with E-state index in [0.717, 1.165) is 19.4 Å². The average Bonchev–Trinajstić information content (AvgIpc) is 2.67. The third kappa shape index (κ3) is 4.91. The first-order chi connectivity index (χ1) is 7.95. The highest BCUT2D eigenvalue weighted by Crippen LogP contribution is 2.12. The molecule has 1 rings (SSSR count). The average molecular weight is 264 g/mol. The quantitative estimate of drug-likeness (QED) is 0.680. The maximum absolute atomic E-state index is 12.1. The predicted molar refractivity (Wildman–Crippen MR) is 68.3 cm³/mol. The lowest BCUT2D eigenvalue weighted by molar-refractivity contribution is 0.246. The molecule has 0 aromatic carbocycles. The van der Waals surface area contributed by atoms with Crippen LogP contribution in [0.15, 0.2) is 0 Å². The summed E-state index contributed by atoms with van der Waals surface area (Å²) in [6.45, 7) is 5.31. The number of rotatable bonds is 7. The Bertz CT molecular complexity index is 311. The topological polar surface area (TPSA) is 69.6 Å². The van der Waals surface area contributed by atoms with Gasteiger partial charge in [0.25, 0.3) is 0 Å². The van der Waals surface area contributed by atoms with Gasteiger partial charge in [-0.1, -0.05) is 13.8 Å². The van der Waals surface area contributed by atoms with E-state index in [1.165, 1.54) is 4.31 Å². The molecule has 1 fully saturated rings. The Morgan fingerprint density at radius 2 is 2.18 bits per heavy atom. The van der Waals surface area contributed by atoms with E-state index in [0.29, 0.717) is 6.54 Å². The molecule has 1 aliphatic heterocycles. The summed E-state index contributed by atoms with van der Waals surface area (Å²) in [5.41, 5.74) is 0. The first-order valence-corrected chi connectivity index (χ1v) is 7.88. The number of hydrogen-bond donors (Lipinski definition) is 2. The van der Waals surface area contributed by atoms with Crippen molar-refractivity contribution in [1.29, 1.82) is 0 Å². The van der Waals surface area contributed by atoms with Crippen LogP contribution in [0.25, 0.3) is 0 Å². The lowest BCUT2D eigenvalue weighted by Gasteiger charge is -2.25. The van der Waals surface area contributed by atoms with E-state index in [1.54, 1.807) is 0 Å². The molecule has 1 unspecified atom stereocenters. The Kier molecular flexibility index (Phi) is 5.85. The van der Waals surface area contributed by atoms with Gasteiger partial charge in [0.15, 0.2) is 0 Å². The highest BCUT2D eigenvalue weighted by atomic mass is 32.2. The number of hydrogen-bond acceptors (Lipinski definition) is 4. The lowest BCUT2D eigenvalue weighted by Crippen LogP contribution is -2.44. The van der Waals surface area contributed by atoms with Gasteiger partial charge in [-0.3, -0.25) is 0 Å². The minimum absolute atomic E-state index is 0.109. The largest absolute Gasteiger partial charge is 0.395 e. The zero-order valence-corrected chi connectivity index (χ0v) is 11.5. The van der Waals surface area contributed by atoms with Gasteiger partial charge in [0.2, 0.25) is 10.0 Å². The highest BCUT2D eigenvalue weighted by molar-refractivity contribution is 7.89. The molecule has 0 bridgehead atoms. The standard InChI is InChI=1S/C11H24N2O3S/c1-10(2)9-17(15,16)13(6-7-14)8-11-4-3-5-12-11/h10-12,14H,3-9H2,1-2H3. The monoisotopic (exact) mass is 264 g/mol. The molecule has 0 radical (unpaired) electrons. The number of aliphatic hydroxyl groups is 1. The third-order valence-electron chi connectivity index (χ3n) is 2.87. The van der Waals surface area contributed by atoms with E-state index in [-0.39, 0.29) is 30.9 Å². The van der Waals surface area contributed by atoms with Gasteiger partial charge < -0.3 is 10.4 Å². The second-order valence-corrected chi connectivity index (χ2v) is 7.06. The van der Waals surface area contributed by atoms with Crippen molar-refractivity contribution in [2.45, 2.75) is 32.7 Å². The van der Waals surface area contributed by atoms with Gasteiger partial charge in [-0.05, 0) is 25.3 Å². The van der Waals surface area contributed by atoms with E-state index < -0.39 is 10.0 Å². The Morgan fingerprint density at radius 3 is 2.65 bits per heavy atom. The van der Waals surface area contributed by atoms with Crippen molar-refractivity contribution in [3.63, 3.8) is 0 Å². The zero-order chi connectivity index (χ0) is 12.9. The Balaban J connectivity index is 2.62. The van der Waals surface area contributed by atoms with E-state index in [2.05, 4.69) is 5.32 Å². The molecule has 0 aromatic heterocycles. The van der Waals surface area contributed by atoms with Crippen LogP contribution in [0, 0.1) is 5.92 Å². The first-order valence-electron chi connectivity index (χ1n) is 6.27. The molecule has 1 saturated heterocycles. The Hall–Kier alpha value is -0.170. The highest BCUT2D eigenvalue weighted by Gasteiger charge is 2.26. The second-order valence-electron chi connectivity index (χ2n) is 5.05. The van der Waals surface area contributed by atoms with E-state index in [4.69, 9.17) is 5.11 Å². The zero-order valence-electron chi connectivity index (χ0n) is 10.7. The third-order valence-corrected chi connectivity index (χ3v) is 5.08. The molecule has 5 nitrogen and oxygen atoms in total. The molecule has 2 N–H and O–H groups in total. The molecular weight excluding hydrogens is 240 g/mol. The van der Waals surface area contributed by atoms with Crippen LogP contribution in [-0.4, -0.2) is 55.9 Å². The molecule has 6 heteroatoms. The number of aliphatic hydroxyl groups excluding tert-OH is 1. The molecule has 102 valence electrons. The summed E-state index contributed by atoms with van der Waals surface area (Å²) in [5, 5.41) is 12.3. The van der Waals surface area contributed by atoms with E-state index >= 15 is 0 Å². The summed E-state index contributed by atoms with van der Waals surface area (Å²) >= 11 is 0. The minimum Gasteiger partial charge on any atom is -0.395 e. The SMILES string of the molecule is CC(C)CS(=O)(=O)N(CCO)CC1CCCN1. The van der Waals surface area contributed by atoms with Crippen molar-refractivity contribution < 1.29 is 13.5 Å². The molecule has 17 heavy (non-hydrogen) atoms. The van der Waals surface area contributed by atoms with Gasteiger partial charge in [0.05, 0.1) is 12.4 Å². The summed E-state index contributed by atoms with van der Waals surface area (Å²) in [7, 11) is -3.24. The number of nitrogens with one attached hydrogen (secondary N) is 1. The molecular formula is C11H24N2O3S. The fourth-order valence-corrected chi connectivity index (χ4v) is 3.96. The van der Waals surface area contributed by atoms with Crippen LogP contribution < -0.4 is 5.32 Å². The van der Waals surface area contributed by atoms with Crippen LogP contribution >= 0.6 is 0 Å². The molecule has 0 aliphatic carbocycles. The van der Waals surface area contributed by atoms with Crippen molar-refractivity contribution in [2.75, 3.05) is 32.0 Å². The van der Waals surface area contributed by atoms with E-state index in [9.17, 15) is 8.42 Å². The molecule has 1 heterocycles. The van der Waals surface area contributed by atoms with Gasteiger partial charge in [-0.2, -0.15) is 4.31 Å². The fourth-order valence-electron chi connectivity index (χ4n) is 2.14. The first kappa shape index (κ1) is 14.9. The predicted octanol–water partition coefficient (Wildman–Crippen LogP) is 0.0185. The lowest BCUT2D eigenvalue weighted by atomic mass is 10.2. The van der Waals surface area contributed by atoms with Crippen LogP contribution in [0.3, 0.4) is 0 Å². The summed E-state index contributed by atoms with van der Waals surface area (Å²) < 4.78 is 25.6. The maximum atomic E-state index is 12.1. The fraction of sp³-hybridized carbons (Fsp3) is 1.00.